The Morgan fingerprint density at radius 3 is 2.50 bits per heavy atom. The van der Waals surface area contributed by atoms with E-state index in [-0.39, 0.29) is 17.6 Å². The third kappa shape index (κ3) is 2.30. The number of fused-ring (bicyclic) bond motifs is 1. The predicted molar refractivity (Wildman–Crippen MR) is 74.5 cm³/mol. The van der Waals surface area contributed by atoms with Crippen LogP contribution in [0.2, 0.25) is 0 Å². The molecule has 2 fully saturated rings. The van der Waals surface area contributed by atoms with Crippen LogP contribution >= 0.6 is 0 Å². The minimum atomic E-state index is -0.814. The molecule has 20 heavy (non-hydrogen) atoms. The highest BCUT2D eigenvalue weighted by atomic mass is 19.1. The van der Waals surface area contributed by atoms with Crippen LogP contribution in [0.5, 0.6) is 0 Å². The number of hydrogen-bond donors (Lipinski definition) is 2. The number of para-hydroxylation sites is 1. The molecule has 3 atom stereocenters. The molecule has 2 aliphatic rings. The maximum absolute atomic E-state index is 13.8. The zero-order valence-corrected chi connectivity index (χ0v) is 11.5. The number of anilines is 1. The molecule has 2 N–H and O–H groups in total. The molecule has 0 aromatic heterocycles. The van der Waals surface area contributed by atoms with E-state index in [1.807, 2.05) is 0 Å². The average molecular weight is 281 g/mol. The Bertz CT molecular complexity index is 471. The Hall–Kier alpha value is -1.16. The van der Waals surface area contributed by atoms with Gasteiger partial charge in [-0.3, -0.25) is 0 Å². The van der Waals surface area contributed by atoms with Crippen LogP contribution in [-0.4, -0.2) is 16.7 Å². The van der Waals surface area contributed by atoms with Gasteiger partial charge in [-0.2, -0.15) is 0 Å². The number of nitrogens with one attached hydrogen (secondary N) is 1. The molecule has 1 aromatic carbocycles. The van der Waals surface area contributed by atoms with Crippen LogP contribution in [0, 0.1) is 17.6 Å². The van der Waals surface area contributed by atoms with Crippen molar-refractivity contribution >= 4 is 5.69 Å². The van der Waals surface area contributed by atoms with Gasteiger partial charge in [0, 0.05) is 0 Å². The molecule has 3 rings (SSSR count). The van der Waals surface area contributed by atoms with Crippen molar-refractivity contribution in [1.29, 1.82) is 0 Å². The van der Waals surface area contributed by atoms with Crippen LogP contribution in [-0.2, 0) is 0 Å². The summed E-state index contributed by atoms with van der Waals surface area (Å²) in [4.78, 5) is 0. The van der Waals surface area contributed by atoms with Crippen molar-refractivity contribution in [2.75, 3.05) is 5.32 Å². The fourth-order valence-electron chi connectivity index (χ4n) is 3.93. The van der Waals surface area contributed by atoms with Gasteiger partial charge in [0.2, 0.25) is 0 Å². The van der Waals surface area contributed by atoms with E-state index in [2.05, 4.69) is 5.32 Å². The summed E-state index contributed by atoms with van der Waals surface area (Å²) in [5.74, 6) is -0.921. The maximum Gasteiger partial charge on any atom is 0.149 e. The van der Waals surface area contributed by atoms with E-state index in [0.717, 1.165) is 44.9 Å². The average Bonchev–Trinajstić information content (AvgIpc) is 2.43. The zero-order valence-electron chi connectivity index (χ0n) is 11.5. The lowest BCUT2D eigenvalue weighted by molar-refractivity contribution is -0.0836. The number of benzene rings is 1. The van der Waals surface area contributed by atoms with Crippen molar-refractivity contribution in [3.63, 3.8) is 0 Å². The van der Waals surface area contributed by atoms with Crippen molar-refractivity contribution in [1.82, 2.24) is 0 Å². The standard InChI is InChI=1S/C16H21F2NO/c17-12-7-4-8-13(18)15(12)19-14-9-3-6-11-5-1-2-10-16(11,14)20/h4,7-8,11,14,19-20H,1-3,5-6,9-10H2/t11-,14-,16-/m1/s1. The molecule has 0 radical (unpaired) electrons. The summed E-state index contributed by atoms with van der Waals surface area (Å²) < 4.78 is 27.5. The SMILES string of the molecule is O[C@]12CCCC[C@@H]1CCC[C@H]2Nc1c(F)cccc1F. The molecule has 110 valence electrons. The van der Waals surface area contributed by atoms with Crippen LogP contribution in [0.1, 0.15) is 44.9 Å². The fourth-order valence-corrected chi connectivity index (χ4v) is 3.93. The zero-order chi connectivity index (χ0) is 14.2. The molecule has 0 aliphatic heterocycles. The number of rotatable bonds is 2. The van der Waals surface area contributed by atoms with Gasteiger partial charge in [-0.05, 0) is 43.7 Å². The molecule has 0 amide bonds. The molecule has 2 saturated carbocycles. The highest BCUT2D eigenvalue weighted by Gasteiger charge is 2.47. The molecular formula is C16H21F2NO. The normalized spacial score (nSPS) is 33.5. The number of halogens is 2. The number of aliphatic hydroxyl groups is 1. The molecule has 0 saturated heterocycles. The van der Waals surface area contributed by atoms with E-state index in [1.165, 1.54) is 18.2 Å². The lowest BCUT2D eigenvalue weighted by Crippen LogP contribution is -2.56. The summed E-state index contributed by atoms with van der Waals surface area (Å²) >= 11 is 0. The quantitative estimate of drug-likeness (QED) is 0.863. The lowest BCUT2D eigenvalue weighted by atomic mass is 9.65. The third-order valence-corrected chi connectivity index (χ3v) is 5.02. The first-order chi connectivity index (χ1) is 9.61. The summed E-state index contributed by atoms with van der Waals surface area (Å²) in [5.41, 5.74) is -0.914. The van der Waals surface area contributed by atoms with Crippen LogP contribution in [0.3, 0.4) is 0 Å². The molecule has 0 unspecified atom stereocenters. The number of hydrogen-bond acceptors (Lipinski definition) is 2. The second-order valence-corrected chi connectivity index (χ2v) is 6.16. The first kappa shape index (κ1) is 13.8. The van der Waals surface area contributed by atoms with E-state index in [4.69, 9.17) is 0 Å². The summed E-state index contributed by atoms with van der Waals surface area (Å²) in [5, 5.41) is 13.9. The van der Waals surface area contributed by atoms with Crippen LogP contribution in [0.25, 0.3) is 0 Å². The smallest absolute Gasteiger partial charge is 0.149 e. The molecule has 4 heteroatoms. The topological polar surface area (TPSA) is 32.3 Å². The highest BCUT2D eigenvalue weighted by molar-refractivity contribution is 5.47. The van der Waals surface area contributed by atoms with Crippen molar-refractivity contribution in [2.24, 2.45) is 5.92 Å². The van der Waals surface area contributed by atoms with Crippen LogP contribution < -0.4 is 5.32 Å². The van der Waals surface area contributed by atoms with Crippen LogP contribution in [0.15, 0.2) is 18.2 Å². The minimum absolute atomic E-state index is 0.0999. The Morgan fingerprint density at radius 1 is 1.05 bits per heavy atom. The Morgan fingerprint density at radius 2 is 1.75 bits per heavy atom. The van der Waals surface area contributed by atoms with E-state index in [9.17, 15) is 13.9 Å². The Kier molecular flexibility index (Phi) is 3.67. The highest BCUT2D eigenvalue weighted by Crippen LogP contribution is 2.45. The summed E-state index contributed by atoms with van der Waals surface area (Å²) in [7, 11) is 0. The van der Waals surface area contributed by atoms with E-state index < -0.39 is 17.2 Å². The summed E-state index contributed by atoms with van der Waals surface area (Å²) in [6.07, 6.45) is 6.68. The summed E-state index contributed by atoms with van der Waals surface area (Å²) in [6.45, 7) is 0. The van der Waals surface area contributed by atoms with Gasteiger partial charge < -0.3 is 10.4 Å². The Balaban J connectivity index is 1.85. The van der Waals surface area contributed by atoms with E-state index in [0.29, 0.717) is 0 Å². The van der Waals surface area contributed by atoms with Crippen molar-refractivity contribution in [2.45, 2.75) is 56.6 Å². The van der Waals surface area contributed by atoms with Gasteiger partial charge >= 0.3 is 0 Å². The van der Waals surface area contributed by atoms with Crippen LogP contribution in [0.4, 0.5) is 14.5 Å². The van der Waals surface area contributed by atoms with E-state index in [1.54, 1.807) is 0 Å². The third-order valence-electron chi connectivity index (χ3n) is 5.02. The second kappa shape index (κ2) is 5.32. The Labute approximate surface area is 118 Å². The molecule has 0 spiro atoms. The van der Waals surface area contributed by atoms with Gasteiger partial charge in [0.05, 0.1) is 11.6 Å². The fraction of sp³-hybridized carbons (Fsp3) is 0.625. The van der Waals surface area contributed by atoms with Crippen molar-refractivity contribution in [3.05, 3.63) is 29.8 Å². The van der Waals surface area contributed by atoms with Gasteiger partial charge in [0.1, 0.15) is 17.3 Å². The first-order valence-corrected chi connectivity index (χ1v) is 7.54. The predicted octanol–water partition coefficient (Wildman–Crippen LogP) is 3.85. The molecular weight excluding hydrogens is 260 g/mol. The van der Waals surface area contributed by atoms with Gasteiger partial charge in [-0.25, -0.2) is 8.78 Å². The molecule has 0 heterocycles. The van der Waals surface area contributed by atoms with Gasteiger partial charge in [0.25, 0.3) is 0 Å². The monoisotopic (exact) mass is 281 g/mol. The molecule has 2 aliphatic carbocycles. The van der Waals surface area contributed by atoms with Crippen molar-refractivity contribution in [3.8, 4) is 0 Å². The molecule has 1 aromatic rings. The van der Waals surface area contributed by atoms with Gasteiger partial charge in [0.15, 0.2) is 0 Å². The summed E-state index contributed by atoms with van der Waals surface area (Å²) in [6, 6.07) is 3.59. The first-order valence-electron chi connectivity index (χ1n) is 7.54. The largest absolute Gasteiger partial charge is 0.387 e. The minimum Gasteiger partial charge on any atom is -0.387 e. The second-order valence-electron chi connectivity index (χ2n) is 6.16. The maximum atomic E-state index is 13.8. The van der Waals surface area contributed by atoms with Crippen molar-refractivity contribution < 1.29 is 13.9 Å². The van der Waals surface area contributed by atoms with E-state index >= 15 is 0 Å². The van der Waals surface area contributed by atoms with Gasteiger partial charge in [-0.1, -0.05) is 25.3 Å². The van der Waals surface area contributed by atoms with Gasteiger partial charge in [-0.15, -0.1) is 0 Å². The molecule has 0 bridgehead atoms. The lowest BCUT2D eigenvalue weighted by Gasteiger charge is -2.49. The molecule has 2 nitrogen and oxygen atoms in total.